The van der Waals surface area contributed by atoms with Gasteiger partial charge in [0.15, 0.2) is 0 Å². The van der Waals surface area contributed by atoms with Crippen molar-refractivity contribution in [3.63, 3.8) is 0 Å². The standard InChI is InChI=1S/C25H37N/c1-3-4-5-6-7-8-9-10-11-12-19-25(2)20-22-17-13-15-21-16-14-18-23(26-25)24(21)22/h13-18,26H,3-12,19-20H2,1-2H3. The molecule has 0 radical (unpaired) electrons. The van der Waals surface area contributed by atoms with Crippen molar-refractivity contribution in [2.75, 3.05) is 5.32 Å². The van der Waals surface area contributed by atoms with Crippen LogP contribution < -0.4 is 5.32 Å². The lowest BCUT2D eigenvalue weighted by molar-refractivity contribution is 0.433. The van der Waals surface area contributed by atoms with E-state index in [0.29, 0.717) is 0 Å². The fraction of sp³-hybridized carbons (Fsp3) is 0.600. The minimum absolute atomic E-state index is 0.211. The van der Waals surface area contributed by atoms with Gasteiger partial charge in [0, 0.05) is 16.6 Å². The van der Waals surface area contributed by atoms with E-state index in [-0.39, 0.29) is 5.54 Å². The second-order valence-electron chi connectivity index (χ2n) is 8.62. The first-order chi connectivity index (χ1) is 12.7. The largest absolute Gasteiger partial charge is 0.379 e. The second kappa shape index (κ2) is 9.44. The van der Waals surface area contributed by atoms with Crippen LogP contribution in [0.15, 0.2) is 36.4 Å². The number of rotatable bonds is 11. The van der Waals surface area contributed by atoms with Crippen LogP contribution in [0.3, 0.4) is 0 Å². The quantitative estimate of drug-likeness (QED) is 0.406. The molecule has 2 aromatic carbocycles. The van der Waals surface area contributed by atoms with Gasteiger partial charge >= 0.3 is 0 Å². The van der Waals surface area contributed by atoms with Crippen LogP contribution in [-0.4, -0.2) is 5.54 Å². The summed E-state index contributed by atoms with van der Waals surface area (Å²) in [5.41, 5.74) is 3.06. The molecule has 1 heteroatoms. The predicted molar refractivity (Wildman–Crippen MR) is 116 cm³/mol. The average Bonchev–Trinajstić information content (AvgIpc) is 2.63. The van der Waals surface area contributed by atoms with E-state index in [0.717, 1.165) is 6.42 Å². The van der Waals surface area contributed by atoms with E-state index in [1.165, 1.54) is 92.7 Å². The van der Waals surface area contributed by atoms with Crippen molar-refractivity contribution < 1.29 is 0 Å². The molecule has 0 amide bonds. The summed E-state index contributed by atoms with van der Waals surface area (Å²) in [6.07, 6.45) is 16.5. The average molecular weight is 352 g/mol. The fourth-order valence-electron chi connectivity index (χ4n) is 4.61. The lowest BCUT2D eigenvalue weighted by Crippen LogP contribution is -2.39. The van der Waals surface area contributed by atoms with Gasteiger partial charge in [-0.3, -0.25) is 0 Å². The van der Waals surface area contributed by atoms with E-state index in [2.05, 4.69) is 55.6 Å². The Morgan fingerprint density at radius 2 is 1.42 bits per heavy atom. The third kappa shape index (κ3) is 5.02. The number of nitrogens with one attached hydrogen (secondary N) is 1. The van der Waals surface area contributed by atoms with E-state index >= 15 is 0 Å². The number of unbranched alkanes of at least 4 members (excludes halogenated alkanes) is 9. The molecule has 0 fully saturated rings. The molecule has 1 aliphatic heterocycles. The highest BCUT2D eigenvalue weighted by Gasteiger charge is 2.29. The van der Waals surface area contributed by atoms with Crippen molar-refractivity contribution in [2.45, 2.75) is 96.4 Å². The maximum Gasteiger partial charge on any atom is 0.0426 e. The van der Waals surface area contributed by atoms with Crippen LogP contribution >= 0.6 is 0 Å². The van der Waals surface area contributed by atoms with E-state index in [1.807, 2.05) is 0 Å². The molecule has 1 atom stereocenters. The molecular formula is C25H37N. The van der Waals surface area contributed by atoms with E-state index < -0.39 is 0 Å². The molecule has 1 unspecified atom stereocenters. The Morgan fingerprint density at radius 1 is 0.808 bits per heavy atom. The summed E-state index contributed by atoms with van der Waals surface area (Å²) in [4.78, 5) is 0. The minimum atomic E-state index is 0.211. The normalized spacial score (nSPS) is 18.8. The van der Waals surface area contributed by atoms with Gasteiger partial charge in [0.05, 0.1) is 0 Å². The van der Waals surface area contributed by atoms with E-state index in [9.17, 15) is 0 Å². The lowest BCUT2D eigenvalue weighted by Gasteiger charge is -2.37. The lowest BCUT2D eigenvalue weighted by atomic mass is 9.82. The highest BCUT2D eigenvalue weighted by Crippen LogP contribution is 2.38. The SMILES string of the molecule is CCCCCCCCCCCCC1(C)Cc2cccc3cccc(c23)N1. The number of anilines is 1. The summed E-state index contributed by atoms with van der Waals surface area (Å²) in [7, 11) is 0. The Morgan fingerprint density at radius 3 is 2.12 bits per heavy atom. The molecule has 26 heavy (non-hydrogen) atoms. The Bertz CT molecular complexity index is 647. The van der Waals surface area contributed by atoms with Gasteiger partial charge in [-0.05, 0) is 36.8 Å². The first kappa shape index (κ1) is 19.3. The summed E-state index contributed by atoms with van der Waals surface area (Å²) in [6, 6.07) is 13.4. The van der Waals surface area contributed by atoms with Crippen LogP contribution in [0.2, 0.25) is 0 Å². The van der Waals surface area contributed by atoms with E-state index in [4.69, 9.17) is 0 Å². The van der Waals surface area contributed by atoms with Gasteiger partial charge in [-0.2, -0.15) is 0 Å². The summed E-state index contributed by atoms with van der Waals surface area (Å²) in [5.74, 6) is 0. The molecule has 2 aromatic rings. The monoisotopic (exact) mass is 351 g/mol. The Labute approximate surface area is 160 Å². The van der Waals surface area contributed by atoms with Crippen LogP contribution in [0.4, 0.5) is 5.69 Å². The van der Waals surface area contributed by atoms with Gasteiger partial charge in [-0.1, -0.05) is 101 Å². The van der Waals surface area contributed by atoms with Gasteiger partial charge in [0.2, 0.25) is 0 Å². The molecule has 1 heterocycles. The molecule has 0 bridgehead atoms. The van der Waals surface area contributed by atoms with Gasteiger partial charge in [0.1, 0.15) is 0 Å². The van der Waals surface area contributed by atoms with Crippen LogP contribution in [0.1, 0.15) is 90.0 Å². The van der Waals surface area contributed by atoms with Crippen molar-refractivity contribution in [1.29, 1.82) is 0 Å². The molecular weight excluding hydrogens is 314 g/mol. The number of hydrogen-bond donors (Lipinski definition) is 1. The van der Waals surface area contributed by atoms with Gasteiger partial charge < -0.3 is 5.32 Å². The molecule has 1 N–H and O–H groups in total. The Balaban J connectivity index is 1.39. The first-order valence-corrected chi connectivity index (χ1v) is 11.0. The fourth-order valence-corrected chi connectivity index (χ4v) is 4.61. The van der Waals surface area contributed by atoms with E-state index in [1.54, 1.807) is 0 Å². The first-order valence-electron chi connectivity index (χ1n) is 11.0. The van der Waals surface area contributed by atoms with Crippen molar-refractivity contribution in [2.24, 2.45) is 0 Å². The van der Waals surface area contributed by atoms with Crippen molar-refractivity contribution in [3.8, 4) is 0 Å². The minimum Gasteiger partial charge on any atom is -0.379 e. The number of benzene rings is 2. The third-order valence-corrected chi connectivity index (χ3v) is 6.09. The zero-order valence-corrected chi connectivity index (χ0v) is 16.9. The van der Waals surface area contributed by atoms with Crippen molar-refractivity contribution >= 4 is 16.5 Å². The van der Waals surface area contributed by atoms with Crippen molar-refractivity contribution in [1.82, 2.24) is 0 Å². The molecule has 0 saturated carbocycles. The van der Waals surface area contributed by atoms with Crippen LogP contribution in [-0.2, 0) is 6.42 Å². The van der Waals surface area contributed by atoms with Crippen LogP contribution in [0.25, 0.3) is 10.8 Å². The van der Waals surface area contributed by atoms with Crippen molar-refractivity contribution in [3.05, 3.63) is 42.0 Å². The summed E-state index contributed by atoms with van der Waals surface area (Å²) >= 11 is 0. The maximum absolute atomic E-state index is 3.87. The highest BCUT2D eigenvalue weighted by atomic mass is 15.0. The van der Waals surface area contributed by atoms with Gasteiger partial charge in [0.25, 0.3) is 0 Å². The Hall–Kier alpha value is -1.50. The molecule has 0 saturated heterocycles. The second-order valence-corrected chi connectivity index (χ2v) is 8.62. The van der Waals surface area contributed by atoms with Gasteiger partial charge in [-0.25, -0.2) is 0 Å². The summed E-state index contributed by atoms with van der Waals surface area (Å²) in [6.45, 7) is 4.70. The molecule has 0 spiro atoms. The molecule has 1 nitrogen and oxygen atoms in total. The molecule has 3 rings (SSSR count). The predicted octanol–water partition coefficient (Wildman–Crippen LogP) is 7.88. The maximum atomic E-state index is 3.87. The third-order valence-electron chi connectivity index (χ3n) is 6.09. The molecule has 1 aliphatic rings. The molecule has 0 aliphatic carbocycles. The highest BCUT2D eigenvalue weighted by molar-refractivity contribution is 5.98. The molecule has 0 aromatic heterocycles. The summed E-state index contributed by atoms with van der Waals surface area (Å²) in [5, 5.41) is 6.68. The van der Waals surface area contributed by atoms with Crippen LogP contribution in [0, 0.1) is 0 Å². The molecule has 142 valence electrons. The summed E-state index contributed by atoms with van der Waals surface area (Å²) < 4.78 is 0. The number of hydrogen-bond acceptors (Lipinski definition) is 1. The Kier molecular flexibility index (Phi) is 7.00. The zero-order valence-electron chi connectivity index (χ0n) is 16.9. The van der Waals surface area contributed by atoms with Crippen LogP contribution in [0.5, 0.6) is 0 Å². The van der Waals surface area contributed by atoms with Gasteiger partial charge in [-0.15, -0.1) is 0 Å². The topological polar surface area (TPSA) is 12.0 Å². The smallest absolute Gasteiger partial charge is 0.0426 e. The zero-order chi connectivity index (χ0) is 18.2.